The molecular formula is C20H18N6O3. The molecule has 9 nitrogen and oxygen atoms in total. The third kappa shape index (κ3) is 3.42. The predicted octanol–water partition coefficient (Wildman–Crippen LogP) is 2.49. The van der Waals surface area contributed by atoms with Gasteiger partial charge in [0.2, 0.25) is 0 Å². The Kier molecular flexibility index (Phi) is 4.39. The maximum absolute atomic E-state index is 12.5. The van der Waals surface area contributed by atoms with Crippen LogP contribution in [0.2, 0.25) is 0 Å². The average Bonchev–Trinajstić information content (AvgIpc) is 3.51. The quantitative estimate of drug-likeness (QED) is 0.664. The largest absolute Gasteiger partial charge is 0.442 e. The molecule has 146 valence electrons. The van der Waals surface area contributed by atoms with Gasteiger partial charge in [0.05, 0.1) is 30.7 Å². The van der Waals surface area contributed by atoms with E-state index in [2.05, 4.69) is 20.5 Å². The van der Waals surface area contributed by atoms with E-state index in [1.165, 1.54) is 0 Å². The smallest absolute Gasteiger partial charge is 0.414 e. The summed E-state index contributed by atoms with van der Waals surface area (Å²) in [6, 6.07) is 11.6. The van der Waals surface area contributed by atoms with E-state index >= 15 is 0 Å². The fourth-order valence-corrected chi connectivity index (χ4v) is 3.52. The third-order valence-corrected chi connectivity index (χ3v) is 4.91. The predicted molar refractivity (Wildman–Crippen MR) is 104 cm³/mol. The number of amides is 1. The highest BCUT2D eigenvalue weighted by Gasteiger charge is 2.34. The summed E-state index contributed by atoms with van der Waals surface area (Å²) >= 11 is 0. The molecule has 0 radical (unpaired) electrons. The highest BCUT2D eigenvalue weighted by molar-refractivity contribution is 6.00. The molecule has 1 atom stereocenters. The number of aromatic nitrogens is 4. The van der Waals surface area contributed by atoms with Crippen molar-refractivity contribution < 1.29 is 14.4 Å². The van der Waals surface area contributed by atoms with Gasteiger partial charge in [0.1, 0.15) is 18.4 Å². The minimum absolute atomic E-state index is 0.293. The van der Waals surface area contributed by atoms with Gasteiger partial charge in [-0.25, -0.2) is 9.48 Å². The molecule has 5 rings (SSSR count). The van der Waals surface area contributed by atoms with Gasteiger partial charge < -0.3 is 9.57 Å². The van der Waals surface area contributed by atoms with E-state index in [9.17, 15) is 4.79 Å². The summed E-state index contributed by atoms with van der Waals surface area (Å²) in [5, 5.41) is 11.7. The molecule has 29 heavy (non-hydrogen) atoms. The molecule has 2 aromatic heterocycles. The van der Waals surface area contributed by atoms with Crippen LogP contribution in [0.15, 0.2) is 60.1 Å². The van der Waals surface area contributed by atoms with E-state index in [0.717, 1.165) is 34.6 Å². The SMILES string of the molecule is O=C1OC(Cn2ccnn2)CN1c1ccccc1-c1ccc(C2=NOCC2)nc1. The lowest BCUT2D eigenvalue weighted by Crippen LogP contribution is -2.26. The van der Waals surface area contributed by atoms with Crippen LogP contribution in [0.1, 0.15) is 12.1 Å². The zero-order valence-corrected chi connectivity index (χ0v) is 15.5. The molecule has 9 heteroatoms. The molecule has 4 heterocycles. The Balaban J connectivity index is 1.40. The van der Waals surface area contributed by atoms with Crippen molar-refractivity contribution in [2.24, 2.45) is 5.16 Å². The van der Waals surface area contributed by atoms with E-state index in [1.54, 1.807) is 28.2 Å². The Morgan fingerprint density at radius 3 is 2.86 bits per heavy atom. The van der Waals surface area contributed by atoms with Crippen LogP contribution < -0.4 is 4.90 Å². The molecular weight excluding hydrogens is 372 g/mol. The molecule has 1 unspecified atom stereocenters. The van der Waals surface area contributed by atoms with E-state index < -0.39 is 0 Å². The highest BCUT2D eigenvalue weighted by atomic mass is 16.6. The second kappa shape index (κ2) is 7.34. The molecule has 2 aliphatic heterocycles. The number of carbonyl (C=O) groups excluding carboxylic acids is 1. The standard InChI is InChI=1S/C20H18N6O3/c27-20-26(13-15(29-20)12-25-9-8-22-24-25)19-4-2-1-3-16(19)14-5-6-17(21-11-14)18-7-10-28-23-18/h1-6,8-9,11,15H,7,10,12-13H2. The summed E-state index contributed by atoms with van der Waals surface area (Å²) in [6.07, 6.45) is 5.24. The van der Waals surface area contributed by atoms with Crippen molar-refractivity contribution in [1.82, 2.24) is 20.0 Å². The minimum Gasteiger partial charge on any atom is -0.442 e. The molecule has 1 aromatic carbocycles. The second-order valence-electron chi connectivity index (χ2n) is 6.81. The molecule has 0 spiro atoms. The lowest BCUT2D eigenvalue weighted by molar-refractivity contribution is 0.129. The molecule has 0 aliphatic carbocycles. The number of cyclic esters (lactones) is 1. The number of nitrogens with zero attached hydrogens (tertiary/aromatic N) is 6. The Hall–Kier alpha value is -3.75. The summed E-state index contributed by atoms with van der Waals surface area (Å²) in [5.74, 6) is 0. The van der Waals surface area contributed by atoms with Gasteiger partial charge in [-0.2, -0.15) is 0 Å². The van der Waals surface area contributed by atoms with E-state index in [1.807, 2.05) is 36.4 Å². The number of oxime groups is 1. The van der Waals surface area contributed by atoms with Crippen LogP contribution in [-0.4, -0.2) is 51.0 Å². The Morgan fingerprint density at radius 1 is 1.17 bits per heavy atom. The monoisotopic (exact) mass is 390 g/mol. The lowest BCUT2D eigenvalue weighted by atomic mass is 10.0. The maximum Gasteiger partial charge on any atom is 0.414 e. The van der Waals surface area contributed by atoms with Crippen molar-refractivity contribution >= 4 is 17.5 Å². The third-order valence-electron chi connectivity index (χ3n) is 4.91. The van der Waals surface area contributed by atoms with Crippen LogP contribution in [0.5, 0.6) is 0 Å². The van der Waals surface area contributed by atoms with Crippen molar-refractivity contribution in [3.05, 3.63) is 60.7 Å². The zero-order chi connectivity index (χ0) is 19.6. The summed E-state index contributed by atoms with van der Waals surface area (Å²) < 4.78 is 7.19. The first kappa shape index (κ1) is 17.4. The molecule has 3 aromatic rings. The summed E-state index contributed by atoms with van der Waals surface area (Å²) in [7, 11) is 0. The first-order valence-electron chi connectivity index (χ1n) is 9.35. The first-order chi connectivity index (χ1) is 14.3. The maximum atomic E-state index is 12.5. The van der Waals surface area contributed by atoms with Gasteiger partial charge in [-0.3, -0.25) is 9.88 Å². The number of hydrogen-bond donors (Lipinski definition) is 0. The van der Waals surface area contributed by atoms with E-state index in [4.69, 9.17) is 9.57 Å². The number of rotatable bonds is 5. The van der Waals surface area contributed by atoms with Crippen LogP contribution in [0.25, 0.3) is 11.1 Å². The van der Waals surface area contributed by atoms with Crippen molar-refractivity contribution in [3.63, 3.8) is 0 Å². The molecule has 1 saturated heterocycles. The van der Waals surface area contributed by atoms with Crippen LogP contribution >= 0.6 is 0 Å². The van der Waals surface area contributed by atoms with Gasteiger partial charge in [0, 0.05) is 29.9 Å². The topological polar surface area (TPSA) is 94.7 Å². The molecule has 0 saturated carbocycles. The summed E-state index contributed by atoms with van der Waals surface area (Å²) in [5.41, 5.74) is 4.27. The van der Waals surface area contributed by atoms with Gasteiger partial charge >= 0.3 is 6.09 Å². The molecule has 1 amide bonds. The fourth-order valence-electron chi connectivity index (χ4n) is 3.52. The summed E-state index contributed by atoms with van der Waals surface area (Å²) in [6.45, 7) is 1.49. The molecule has 0 N–H and O–H groups in total. The van der Waals surface area contributed by atoms with Crippen molar-refractivity contribution in [3.8, 4) is 11.1 Å². The Bertz CT molecular complexity index is 1050. The van der Waals surface area contributed by atoms with Gasteiger partial charge in [0.25, 0.3) is 0 Å². The number of benzene rings is 1. The normalized spacial score (nSPS) is 18.5. The first-order valence-corrected chi connectivity index (χ1v) is 9.35. The summed E-state index contributed by atoms with van der Waals surface area (Å²) in [4.78, 5) is 23.8. The fraction of sp³-hybridized carbons (Fsp3) is 0.250. The number of carbonyl (C=O) groups is 1. The number of hydrogen-bond acceptors (Lipinski definition) is 7. The Labute approximate surface area is 166 Å². The van der Waals surface area contributed by atoms with Gasteiger partial charge in [-0.1, -0.05) is 34.6 Å². The van der Waals surface area contributed by atoms with Crippen LogP contribution in [0, 0.1) is 0 Å². The van der Waals surface area contributed by atoms with Gasteiger partial charge in [0.15, 0.2) is 0 Å². The second-order valence-corrected chi connectivity index (χ2v) is 6.81. The molecule has 2 aliphatic rings. The van der Waals surface area contributed by atoms with Crippen LogP contribution in [-0.2, 0) is 16.1 Å². The van der Waals surface area contributed by atoms with Crippen LogP contribution in [0.3, 0.4) is 0 Å². The lowest BCUT2D eigenvalue weighted by Gasteiger charge is -2.17. The minimum atomic E-state index is -0.371. The van der Waals surface area contributed by atoms with Crippen molar-refractivity contribution in [2.75, 3.05) is 18.1 Å². The molecule has 1 fully saturated rings. The molecule has 0 bridgehead atoms. The number of pyridine rings is 1. The number of ether oxygens (including phenoxy) is 1. The van der Waals surface area contributed by atoms with Crippen LogP contribution in [0.4, 0.5) is 10.5 Å². The van der Waals surface area contributed by atoms with E-state index in [0.29, 0.717) is 19.7 Å². The van der Waals surface area contributed by atoms with Gasteiger partial charge in [-0.05, 0) is 12.1 Å². The van der Waals surface area contributed by atoms with Crippen molar-refractivity contribution in [1.29, 1.82) is 0 Å². The average molecular weight is 390 g/mol. The Morgan fingerprint density at radius 2 is 2.10 bits per heavy atom. The zero-order valence-electron chi connectivity index (χ0n) is 15.5. The highest BCUT2D eigenvalue weighted by Crippen LogP contribution is 2.33. The van der Waals surface area contributed by atoms with Crippen molar-refractivity contribution in [2.45, 2.75) is 19.1 Å². The van der Waals surface area contributed by atoms with E-state index in [-0.39, 0.29) is 12.2 Å². The number of anilines is 1. The van der Waals surface area contributed by atoms with Gasteiger partial charge in [-0.15, -0.1) is 5.10 Å². The number of para-hydroxylation sites is 1.